The van der Waals surface area contributed by atoms with Crippen LogP contribution >= 0.6 is 11.3 Å². The quantitative estimate of drug-likeness (QED) is 0.522. The number of hydrogen-bond donors (Lipinski definition) is 1. The van der Waals surface area contributed by atoms with Gasteiger partial charge in [0.15, 0.2) is 5.78 Å². The SMILES string of the molecule is CC(=O)c1sc(N/N=C\c2ccccc2C(F)(F)F)nc1C. The van der Waals surface area contributed by atoms with Crippen LogP contribution in [0.25, 0.3) is 0 Å². The Morgan fingerprint density at radius 1 is 1.36 bits per heavy atom. The van der Waals surface area contributed by atoms with Crippen molar-refractivity contribution in [2.75, 3.05) is 5.43 Å². The molecule has 0 unspecified atom stereocenters. The Balaban J connectivity index is 2.17. The molecule has 0 amide bonds. The largest absolute Gasteiger partial charge is 0.417 e. The van der Waals surface area contributed by atoms with E-state index in [0.717, 1.165) is 23.6 Å². The fraction of sp³-hybridized carbons (Fsp3) is 0.214. The third-order valence-electron chi connectivity index (χ3n) is 2.75. The van der Waals surface area contributed by atoms with Gasteiger partial charge in [-0.25, -0.2) is 4.98 Å². The molecule has 0 saturated heterocycles. The first-order valence-electron chi connectivity index (χ1n) is 6.22. The van der Waals surface area contributed by atoms with Crippen LogP contribution in [0.5, 0.6) is 0 Å². The summed E-state index contributed by atoms with van der Waals surface area (Å²) >= 11 is 1.10. The summed E-state index contributed by atoms with van der Waals surface area (Å²) in [5.74, 6) is -0.116. The predicted octanol–water partition coefficient (Wildman–Crippen LogP) is 4.12. The van der Waals surface area contributed by atoms with Gasteiger partial charge in [0.1, 0.15) is 0 Å². The molecule has 2 rings (SSSR count). The van der Waals surface area contributed by atoms with Crippen LogP contribution in [0, 0.1) is 6.92 Å². The number of Topliss-reactive ketones (excluding diaryl/α,β-unsaturated/α-hetero) is 1. The van der Waals surface area contributed by atoms with E-state index in [1.54, 1.807) is 6.92 Å². The number of alkyl halides is 3. The number of halogens is 3. The van der Waals surface area contributed by atoms with E-state index in [2.05, 4.69) is 15.5 Å². The molecule has 0 saturated carbocycles. The van der Waals surface area contributed by atoms with Crippen molar-refractivity contribution in [1.82, 2.24) is 4.98 Å². The molecule has 22 heavy (non-hydrogen) atoms. The second-order valence-corrected chi connectivity index (χ2v) is 5.44. The van der Waals surface area contributed by atoms with Gasteiger partial charge in [0, 0.05) is 12.5 Å². The lowest BCUT2D eigenvalue weighted by Gasteiger charge is -2.08. The summed E-state index contributed by atoms with van der Waals surface area (Å²) in [6.45, 7) is 3.11. The lowest BCUT2D eigenvalue weighted by atomic mass is 10.1. The maximum absolute atomic E-state index is 12.8. The van der Waals surface area contributed by atoms with Crippen LogP contribution in [-0.2, 0) is 6.18 Å². The van der Waals surface area contributed by atoms with Crippen molar-refractivity contribution in [3.05, 3.63) is 46.0 Å². The summed E-state index contributed by atoms with van der Waals surface area (Å²) in [5.41, 5.74) is 2.29. The Morgan fingerprint density at radius 2 is 2.05 bits per heavy atom. The molecular weight excluding hydrogens is 315 g/mol. The van der Waals surface area contributed by atoms with E-state index in [0.29, 0.717) is 15.7 Å². The van der Waals surface area contributed by atoms with Crippen LogP contribution in [0.2, 0.25) is 0 Å². The van der Waals surface area contributed by atoms with E-state index in [1.807, 2.05) is 0 Å². The van der Waals surface area contributed by atoms with Gasteiger partial charge in [0.05, 0.1) is 22.3 Å². The van der Waals surface area contributed by atoms with Gasteiger partial charge in [0.25, 0.3) is 0 Å². The number of aromatic nitrogens is 1. The number of carbonyl (C=O) groups is 1. The van der Waals surface area contributed by atoms with E-state index in [-0.39, 0.29) is 11.3 Å². The first kappa shape index (κ1) is 16.2. The van der Waals surface area contributed by atoms with E-state index < -0.39 is 11.7 Å². The minimum absolute atomic E-state index is 0.0532. The number of carbonyl (C=O) groups excluding carboxylic acids is 1. The summed E-state index contributed by atoms with van der Waals surface area (Å²) in [7, 11) is 0. The van der Waals surface area contributed by atoms with Crippen molar-refractivity contribution in [3.63, 3.8) is 0 Å². The number of hydrazone groups is 1. The second kappa shape index (κ2) is 6.27. The number of nitrogens with one attached hydrogen (secondary N) is 1. The van der Waals surface area contributed by atoms with E-state index >= 15 is 0 Å². The average molecular weight is 327 g/mol. The van der Waals surface area contributed by atoms with E-state index in [9.17, 15) is 18.0 Å². The summed E-state index contributed by atoms with van der Waals surface area (Å²) in [6.07, 6.45) is -3.37. The van der Waals surface area contributed by atoms with Crippen molar-refractivity contribution >= 4 is 28.5 Å². The normalized spacial score (nSPS) is 11.9. The number of anilines is 1. The van der Waals surface area contributed by atoms with Crippen LogP contribution in [0.4, 0.5) is 18.3 Å². The molecule has 1 heterocycles. The Labute approximate surface area is 128 Å². The molecule has 0 fully saturated rings. The molecule has 0 spiro atoms. The maximum atomic E-state index is 12.8. The molecule has 116 valence electrons. The lowest BCUT2D eigenvalue weighted by Crippen LogP contribution is -2.08. The molecule has 0 atom stereocenters. The topological polar surface area (TPSA) is 54.4 Å². The molecule has 2 aromatic rings. The van der Waals surface area contributed by atoms with Gasteiger partial charge in [-0.15, -0.1) is 0 Å². The summed E-state index contributed by atoms with van der Waals surface area (Å²) in [5, 5.41) is 4.11. The molecule has 0 aliphatic carbocycles. The number of hydrogen-bond acceptors (Lipinski definition) is 5. The number of aryl methyl sites for hydroxylation is 1. The smallest absolute Gasteiger partial charge is 0.294 e. The minimum Gasteiger partial charge on any atom is -0.294 e. The monoisotopic (exact) mass is 327 g/mol. The molecule has 0 aliphatic heterocycles. The standard InChI is InChI=1S/C14H12F3N3OS/c1-8-12(9(2)21)22-13(19-8)20-18-7-10-5-3-4-6-11(10)14(15,16)17/h3-7H,1-2H3,(H,19,20)/b18-7-. The van der Waals surface area contributed by atoms with Crippen LogP contribution in [-0.4, -0.2) is 17.0 Å². The molecule has 0 aliphatic rings. The second-order valence-electron chi connectivity index (χ2n) is 4.44. The zero-order chi connectivity index (χ0) is 16.3. The molecule has 0 radical (unpaired) electrons. The first-order valence-corrected chi connectivity index (χ1v) is 7.04. The van der Waals surface area contributed by atoms with Crippen LogP contribution < -0.4 is 5.43 Å². The number of nitrogens with zero attached hydrogens (tertiary/aromatic N) is 2. The molecule has 1 aromatic carbocycles. The van der Waals surface area contributed by atoms with Crippen molar-refractivity contribution in [2.24, 2.45) is 5.10 Å². The van der Waals surface area contributed by atoms with Crippen molar-refractivity contribution < 1.29 is 18.0 Å². The van der Waals surface area contributed by atoms with Gasteiger partial charge in [-0.1, -0.05) is 29.5 Å². The highest BCUT2D eigenvalue weighted by molar-refractivity contribution is 7.17. The zero-order valence-electron chi connectivity index (χ0n) is 11.7. The van der Waals surface area contributed by atoms with E-state index in [4.69, 9.17) is 0 Å². The third-order valence-corrected chi connectivity index (χ3v) is 3.91. The Bertz CT molecular complexity index is 722. The number of rotatable bonds is 4. The zero-order valence-corrected chi connectivity index (χ0v) is 12.5. The van der Waals surface area contributed by atoms with Crippen LogP contribution in [0.1, 0.15) is 33.4 Å². The summed E-state index contributed by atoms with van der Waals surface area (Å²) < 4.78 is 38.4. The van der Waals surface area contributed by atoms with Gasteiger partial charge < -0.3 is 0 Å². The molecule has 8 heteroatoms. The highest BCUT2D eigenvalue weighted by atomic mass is 32.1. The Morgan fingerprint density at radius 3 is 2.64 bits per heavy atom. The lowest BCUT2D eigenvalue weighted by molar-refractivity contribution is -0.137. The Kier molecular flexibility index (Phi) is 4.60. The van der Waals surface area contributed by atoms with Gasteiger partial charge in [-0.05, 0) is 13.0 Å². The van der Waals surface area contributed by atoms with Crippen molar-refractivity contribution in [2.45, 2.75) is 20.0 Å². The van der Waals surface area contributed by atoms with Gasteiger partial charge in [0.2, 0.25) is 5.13 Å². The average Bonchev–Trinajstić information content (AvgIpc) is 2.79. The van der Waals surface area contributed by atoms with Gasteiger partial charge in [-0.3, -0.25) is 10.2 Å². The van der Waals surface area contributed by atoms with Crippen LogP contribution in [0.15, 0.2) is 29.4 Å². The fourth-order valence-electron chi connectivity index (χ4n) is 1.80. The molecular formula is C14H12F3N3OS. The van der Waals surface area contributed by atoms with Gasteiger partial charge >= 0.3 is 6.18 Å². The summed E-state index contributed by atoms with van der Waals surface area (Å²) in [6, 6.07) is 5.12. The number of benzene rings is 1. The van der Waals surface area contributed by atoms with Crippen molar-refractivity contribution in [1.29, 1.82) is 0 Å². The molecule has 1 N–H and O–H groups in total. The Hall–Kier alpha value is -2.22. The van der Waals surface area contributed by atoms with Crippen LogP contribution in [0.3, 0.4) is 0 Å². The number of ketones is 1. The maximum Gasteiger partial charge on any atom is 0.417 e. The first-order chi connectivity index (χ1) is 10.3. The highest BCUT2D eigenvalue weighted by Crippen LogP contribution is 2.31. The van der Waals surface area contributed by atoms with Crippen molar-refractivity contribution in [3.8, 4) is 0 Å². The molecule has 4 nitrogen and oxygen atoms in total. The molecule has 0 bridgehead atoms. The predicted molar refractivity (Wildman–Crippen MR) is 79.5 cm³/mol. The number of thiazole rings is 1. The highest BCUT2D eigenvalue weighted by Gasteiger charge is 2.32. The summed E-state index contributed by atoms with van der Waals surface area (Å²) in [4.78, 5) is 15.9. The van der Waals surface area contributed by atoms with E-state index in [1.165, 1.54) is 25.1 Å². The molecule has 1 aromatic heterocycles. The van der Waals surface area contributed by atoms with Gasteiger partial charge in [-0.2, -0.15) is 18.3 Å². The third kappa shape index (κ3) is 3.70. The fourth-order valence-corrected chi connectivity index (χ4v) is 2.61. The minimum atomic E-state index is -4.44.